The summed E-state index contributed by atoms with van der Waals surface area (Å²) in [6.07, 6.45) is 0. The Hall–Kier alpha value is -2.29. The summed E-state index contributed by atoms with van der Waals surface area (Å²) in [4.78, 5) is 14.2. The number of anilines is 2. The number of rotatable bonds is 2. The van der Waals surface area contributed by atoms with Crippen LogP contribution < -0.4 is 10.6 Å². The lowest BCUT2D eigenvalue weighted by Gasteiger charge is -2.20. The van der Waals surface area contributed by atoms with Crippen LogP contribution >= 0.6 is 0 Å². The number of para-hydroxylation sites is 1. The lowest BCUT2D eigenvalue weighted by molar-refractivity contribution is 0.0992. The average molecular weight is 254 g/mol. The van der Waals surface area contributed by atoms with Gasteiger partial charge in [-0.3, -0.25) is 4.79 Å². The first-order valence-corrected chi connectivity index (χ1v) is 6.20. The molecule has 3 nitrogen and oxygen atoms in total. The molecule has 0 spiro atoms. The maximum atomic E-state index is 12.5. The molecule has 0 aliphatic rings. The van der Waals surface area contributed by atoms with E-state index in [1.807, 2.05) is 44.2 Å². The largest absolute Gasteiger partial charge is 0.399 e. The van der Waals surface area contributed by atoms with Gasteiger partial charge in [0.25, 0.3) is 5.91 Å². The molecular formula is C16H18N2O. The van der Waals surface area contributed by atoms with Crippen LogP contribution in [0.2, 0.25) is 0 Å². The first-order chi connectivity index (χ1) is 9.00. The topological polar surface area (TPSA) is 46.3 Å². The van der Waals surface area contributed by atoms with Crippen molar-refractivity contribution in [2.24, 2.45) is 0 Å². The molecule has 0 atom stereocenters. The maximum Gasteiger partial charge on any atom is 0.258 e. The molecule has 0 saturated heterocycles. The van der Waals surface area contributed by atoms with Gasteiger partial charge in [-0.25, -0.2) is 0 Å². The molecule has 98 valence electrons. The lowest BCUT2D eigenvalue weighted by Crippen LogP contribution is -2.27. The minimum Gasteiger partial charge on any atom is -0.399 e. The van der Waals surface area contributed by atoms with Gasteiger partial charge in [-0.1, -0.05) is 24.3 Å². The van der Waals surface area contributed by atoms with Crippen molar-refractivity contribution >= 4 is 17.3 Å². The second-order valence-electron chi connectivity index (χ2n) is 4.73. The van der Waals surface area contributed by atoms with Gasteiger partial charge in [0, 0.05) is 24.0 Å². The molecule has 0 unspecified atom stereocenters. The van der Waals surface area contributed by atoms with E-state index in [0.717, 1.165) is 16.8 Å². The van der Waals surface area contributed by atoms with Crippen LogP contribution in [0.25, 0.3) is 0 Å². The van der Waals surface area contributed by atoms with Crippen molar-refractivity contribution in [2.75, 3.05) is 17.7 Å². The summed E-state index contributed by atoms with van der Waals surface area (Å²) in [5.41, 5.74) is 9.92. The number of nitrogens with zero attached hydrogens (tertiary/aromatic N) is 1. The van der Waals surface area contributed by atoms with E-state index in [-0.39, 0.29) is 5.91 Å². The molecule has 0 heterocycles. The van der Waals surface area contributed by atoms with Crippen molar-refractivity contribution in [2.45, 2.75) is 13.8 Å². The molecule has 0 bridgehead atoms. The Balaban J connectivity index is 2.39. The summed E-state index contributed by atoms with van der Waals surface area (Å²) in [5.74, 6) is -0.0425. The molecule has 0 fully saturated rings. The van der Waals surface area contributed by atoms with Crippen LogP contribution in [0.15, 0.2) is 42.5 Å². The van der Waals surface area contributed by atoms with E-state index < -0.39 is 0 Å². The number of aryl methyl sites for hydroxylation is 2. The van der Waals surface area contributed by atoms with Crippen LogP contribution in [0.4, 0.5) is 11.4 Å². The van der Waals surface area contributed by atoms with Crippen LogP contribution in [0, 0.1) is 13.8 Å². The van der Waals surface area contributed by atoms with Crippen molar-refractivity contribution in [1.82, 2.24) is 0 Å². The predicted molar refractivity (Wildman–Crippen MR) is 79.5 cm³/mol. The van der Waals surface area contributed by atoms with E-state index >= 15 is 0 Å². The van der Waals surface area contributed by atoms with E-state index in [1.54, 1.807) is 24.1 Å². The number of nitrogens with two attached hydrogens (primary N) is 1. The molecule has 0 aliphatic heterocycles. The fraction of sp³-hybridized carbons (Fsp3) is 0.188. The van der Waals surface area contributed by atoms with Crippen molar-refractivity contribution in [3.8, 4) is 0 Å². The minimum absolute atomic E-state index is 0.0425. The highest BCUT2D eigenvalue weighted by Gasteiger charge is 2.16. The number of benzene rings is 2. The Morgan fingerprint density at radius 1 is 1.05 bits per heavy atom. The van der Waals surface area contributed by atoms with E-state index in [0.29, 0.717) is 11.3 Å². The van der Waals surface area contributed by atoms with Crippen LogP contribution in [-0.2, 0) is 0 Å². The number of hydrogen-bond donors (Lipinski definition) is 1. The summed E-state index contributed by atoms with van der Waals surface area (Å²) in [6, 6.07) is 13.2. The third-order valence-electron chi connectivity index (χ3n) is 3.27. The Morgan fingerprint density at radius 2 is 1.74 bits per heavy atom. The second-order valence-corrected chi connectivity index (χ2v) is 4.73. The molecule has 2 rings (SSSR count). The first-order valence-electron chi connectivity index (χ1n) is 6.20. The molecule has 0 saturated carbocycles. The second kappa shape index (κ2) is 5.14. The molecule has 1 amide bonds. The zero-order valence-electron chi connectivity index (χ0n) is 11.5. The van der Waals surface area contributed by atoms with Gasteiger partial charge in [-0.2, -0.15) is 0 Å². The Morgan fingerprint density at radius 3 is 2.42 bits per heavy atom. The third kappa shape index (κ3) is 2.60. The summed E-state index contributed by atoms with van der Waals surface area (Å²) in [6.45, 7) is 3.91. The van der Waals surface area contributed by atoms with Gasteiger partial charge in [0.2, 0.25) is 0 Å². The highest BCUT2D eigenvalue weighted by atomic mass is 16.2. The van der Waals surface area contributed by atoms with Gasteiger partial charge in [0.05, 0.1) is 0 Å². The summed E-state index contributed by atoms with van der Waals surface area (Å²) < 4.78 is 0. The third-order valence-corrected chi connectivity index (χ3v) is 3.27. The molecule has 0 aromatic heterocycles. The van der Waals surface area contributed by atoms with E-state index in [2.05, 4.69) is 0 Å². The Bertz CT molecular complexity index is 620. The molecular weight excluding hydrogens is 236 g/mol. The summed E-state index contributed by atoms with van der Waals surface area (Å²) >= 11 is 0. The van der Waals surface area contributed by atoms with Gasteiger partial charge < -0.3 is 10.6 Å². The van der Waals surface area contributed by atoms with Crippen molar-refractivity contribution in [3.63, 3.8) is 0 Å². The fourth-order valence-electron chi connectivity index (χ4n) is 2.10. The number of amides is 1. The number of carbonyl (C=O) groups excluding carboxylic acids is 1. The molecule has 19 heavy (non-hydrogen) atoms. The normalized spacial score (nSPS) is 10.3. The average Bonchev–Trinajstić information content (AvgIpc) is 2.40. The van der Waals surface area contributed by atoms with E-state index in [9.17, 15) is 4.79 Å². The highest BCUT2D eigenvalue weighted by molar-refractivity contribution is 6.07. The zero-order chi connectivity index (χ0) is 14.0. The first kappa shape index (κ1) is 13.1. The van der Waals surface area contributed by atoms with Crippen molar-refractivity contribution in [3.05, 3.63) is 59.2 Å². The van der Waals surface area contributed by atoms with Gasteiger partial charge >= 0.3 is 0 Å². The standard InChI is InChI=1S/C16H18N2O/c1-11-8-9-13(17)10-14(11)16(19)18(3)15-7-5-4-6-12(15)2/h4-10H,17H2,1-3H3. The fourth-order valence-corrected chi connectivity index (χ4v) is 2.10. The van der Waals surface area contributed by atoms with Crippen LogP contribution in [0.5, 0.6) is 0 Å². The summed E-state index contributed by atoms with van der Waals surface area (Å²) in [5, 5.41) is 0. The van der Waals surface area contributed by atoms with Gasteiger partial charge in [-0.05, 0) is 43.2 Å². The van der Waals surface area contributed by atoms with E-state index in [1.165, 1.54) is 0 Å². The smallest absolute Gasteiger partial charge is 0.258 e. The number of nitrogen functional groups attached to an aromatic ring is 1. The predicted octanol–water partition coefficient (Wildman–Crippen LogP) is 3.16. The lowest BCUT2D eigenvalue weighted by atomic mass is 10.1. The molecule has 2 aromatic rings. The minimum atomic E-state index is -0.0425. The van der Waals surface area contributed by atoms with Crippen molar-refractivity contribution in [1.29, 1.82) is 0 Å². The Kier molecular flexibility index (Phi) is 3.56. The van der Waals surface area contributed by atoms with Crippen LogP contribution in [-0.4, -0.2) is 13.0 Å². The molecule has 2 N–H and O–H groups in total. The molecule has 0 radical (unpaired) electrons. The number of hydrogen-bond acceptors (Lipinski definition) is 2. The zero-order valence-corrected chi connectivity index (χ0v) is 11.5. The quantitative estimate of drug-likeness (QED) is 0.837. The van der Waals surface area contributed by atoms with Gasteiger partial charge in [0.1, 0.15) is 0 Å². The van der Waals surface area contributed by atoms with Gasteiger partial charge in [0.15, 0.2) is 0 Å². The molecule has 2 aromatic carbocycles. The molecule has 0 aliphatic carbocycles. The Labute approximate surface area is 113 Å². The van der Waals surface area contributed by atoms with Gasteiger partial charge in [-0.15, -0.1) is 0 Å². The van der Waals surface area contributed by atoms with Crippen LogP contribution in [0.3, 0.4) is 0 Å². The monoisotopic (exact) mass is 254 g/mol. The highest BCUT2D eigenvalue weighted by Crippen LogP contribution is 2.22. The summed E-state index contributed by atoms with van der Waals surface area (Å²) in [7, 11) is 1.79. The van der Waals surface area contributed by atoms with Crippen LogP contribution in [0.1, 0.15) is 21.5 Å². The maximum absolute atomic E-state index is 12.5. The molecule has 3 heteroatoms. The van der Waals surface area contributed by atoms with Crippen molar-refractivity contribution < 1.29 is 4.79 Å². The van der Waals surface area contributed by atoms with E-state index in [4.69, 9.17) is 5.73 Å². The SMILES string of the molecule is Cc1ccc(N)cc1C(=O)N(C)c1ccccc1C. The number of carbonyl (C=O) groups is 1.